The van der Waals surface area contributed by atoms with Gasteiger partial charge in [-0.3, -0.25) is 19.8 Å². The van der Waals surface area contributed by atoms with E-state index < -0.39 is 17.8 Å². The molecule has 166 valence electrons. The lowest BCUT2D eigenvalue weighted by atomic mass is 10.1. The van der Waals surface area contributed by atoms with Crippen molar-refractivity contribution in [3.63, 3.8) is 0 Å². The number of rotatable bonds is 6. The van der Waals surface area contributed by atoms with E-state index in [1.807, 2.05) is 13.8 Å². The van der Waals surface area contributed by atoms with Crippen LogP contribution in [0.5, 0.6) is 11.5 Å². The largest absolute Gasteiger partial charge is 0.493 e. The predicted molar refractivity (Wildman–Crippen MR) is 126 cm³/mol. The molecule has 0 saturated carbocycles. The molecular formula is C22H19BrN2O6S. The van der Waals surface area contributed by atoms with Crippen molar-refractivity contribution in [3.05, 3.63) is 57.6 Å². The van der Waals surface area contributed by atoms with Crippen LogP contribution in [0.3, 0.4) is 0 Å². The molecule has 2 N–H and O–H groups in total. The first-order valence-corrected chi connectivity index (χ1v) is 10.6. The number of nitrogens with zero attached hydrogens (tertiary/aromatic N) is 1. The molecule has 0 radical (unpaired) electrons. The number of hydrogen-bond donors (Lipinski definition) is 2. The van der Waals surface area contributed by atoms with Crippen molar-refractivity contribution in [3.8, 4) is 11.5 Å². The standard InChI is InChI=1S/C22H19BrN2O6S/c1-11(2)31-18-16(23)8-12(9-17(18)30-3)7-15-19(26)24-22(32)25(20(15)27)14-6-4-5-13(10-14)21(28)29/h4-11H,1-3H3,(H,28,29)(H,24,26,32). The molecule has 0 atom stereocenters. The molecule has 0 unspecified atom stereocenters. The summed E-state index contributed by atoms with van der Waals surface area (Å²) in [7, 11) is 1.49. The number of methoxy groups -OCH3 is 1. The van der Waals surface area contributed by atoms with Gasteiger partial charge in [0, 0.05) is 0 Å². The van der Waals surface area contributed by atoms with E-state index in [0.29, 0.717) is 21.5 Å². The zero-order valence-corrected chi connectivity index (χ0v) is 19.7. The second-order valence-electron chi connectivity index (χ2n) is 7.01. The van der Waals surface area contributed by atoms with Crippen molar-refractivity contribution in [2.45, 2.75) is 20.0 Å². The Morgan fingerprint density at radius 1 is 1.25 bits per heavy atom. The first kappa shape index (κ1) is 23.4. The minimum absolute atomic E-state index is 0.0186. The fourth-order valence-corrected chi connectivity index (χ4v) is 3.84. The number of carboxylic acids is 1. The van der Waals surface area contributed by atoms with Crippen LogP contribution in [0.2, 0.25) is 0 Å². The van der Waals surface area contributed by atoms with Crippen molar-refractivity contribution in [1.82, 2.24) is 5.32 Å². The van der Waals surface area contributed by atoms with Gasteiger partial charge in [0.1, 0.15) is 5.57 Å². The predicted octanol–water partition coefficient (Wildman–Crippen LogP) is 3.77. The van der Waals surface area contributed by atoms with Crippen LogP contribution in [0.15, 0.2) is 46.4 Å². The zero-order valence-electron chi connectivity index (χ0n) is 17.3. The molecule has 10 heteroatoms. The Balaban J connectivity index is 2.04. The third-order valence-electron chi connectivity index (χ3n) is 4.37. The van der Waals surface area contributed by atoms with Gasteiger partial charge in [0.15, 0.2) is 16.6 Å². The summed E-state index contributed by atoms with van der Waals surface area (Å²) < 4.78 is 11.7. The van der Waals surface area contributed by atoms with Crippen LogP contribution < -0.4 is 19.7 Å². The van der Waals surface area contributed by atoms with Crippen LogP contribution in [0, 0.1) is 0 Å². The molecule has 0 bridgehead atoms. The number of anilines is 1. The number of benzene rings is 2. The van der Waals surface area contributed by atoms with Gasteiger partial charge in [-0.25, -0.2) is 4.79 Å². The second-order valence-corrected chi connectivity index (χ2v) is 8.26. The average Bonchev–Trinajstić information content (AvgIpc) is 2.72. The lowest BCUT2D eigenvalue weighted by molar-refractivity contribution is -0.122. The molecule has 3 rings (SSSR count). The van der Waals surface area contributed by atoms with Crippen LogP contribution >= 0.6 is 28.1 Å². The Bertz CT molecular complexity index is 1160. The second kappa shape index (κ2) is 9.49. The molecule has 0 spiro atoms. The van der Waals surface area contributed by atoms with Crippen LogP contribution in [-0.4, -0.2) is 41.2 Å². The highest BCUT2D eigenvalue weighted by atomic mass is 79.9. The first-order chi connectivity index (χ1) is 15.1. The van der Waals surface area contributed by atoms with Gasteiger partial charge in [0.2, 0.25) is 0 Å². The van der Waals surface area contributed by atoms with Crippen molar-refractivity contribution in [2.75, 3.05) is 12.0 Å². The molecule has 8 nitrogen and oxygen atoms in total. The molecule has 0 aliphatic carbocycles. The quantitative estimate of drug-likeness (QED) is 0.340. The molecule has 1 heterocycles. The number of thiocarbonyl (C=S) groups is 1. The number of carbonyl (C=O) groups excluding carboxylic acids is 2. The molecule has 2 aromatic carbocycles. The van der Waals surface area contributed by atoms with Gasteiger partial charge in [-0.05, 0) is 84.0 Å². The Morgan fingerprint density at radius 2 is 1.97 bits per heavy atom. The van der Waals surface area contributed by atoms with Crippen LogP contribution in [0.25, 0.3) is 6.08 Å². The molecule has 1 fully saturated rings. The summed E-state index contributed by atoms with van der Waals surface area (Å²) in [5.41, 5.74) is 0.543. The maximum absolute atomic E-state index is 13.2. The average molecular weight is 519 g/mol. The fraction of sp³-hybridized carbons (Fsp3) is 0.182. The number of carboxylic acid groups (broad SMARTS) is 1. The van der Waals surface area contributed by atoms with E-state index in [9.17, 15) is 19.5 Å². The van der Waals surface area contributed by atoms with Gasteiger partial charge in [-0.2, -0.15) is 0 Å². The van der Waals surface area contributed by atoms with Crippen molar-refractivity contribution < 1.29 is 29.0 Å². The minimum Gasteiger partial charge on any atom is -0.493 e. The highest BCUT2D eigenvalue weighted by Gasteiger charge is 2.34. The number of ether oxygens (including phenoxy) is 2. The topological polar surface area (TPSA) is 105 Å². The molecule has 1 saturated heterocycles. The molecule has 2 aromatic rings. The van der Waals surface area contributed by atoms with Gasteiger partial charge < -0.3 is 14.6 Å². The summed E-state index contributed by atoms with van der Waals surface area (Å²) in [6.07, 6.45) is 1.31. The fourth-order valence-electron chi connectivity index (χ4n) is 3.01. The Kier molecular flexibility index (Phi) is 6.95. The maximum Gasteiger partial charge on any atom is 0.335 e. The molecule has 2 amide bonds. The van der Waals surface area contributed by atoms with Gasteiger partial charge in [-0.1, -0.05) is 6.07 Å². The van der Waals surface area contributed by atoms with E-state index in [4.69, 9.17) is 21.7 Å². The Morgan fingerprint density at radius 3 is 2.59 bits per heavy atom. The van der Waals surface area contributed by atoms with Gasteiger partial charge >= 0.3 is 5.97 Å². The number of aromatic carboxylic acids is 1. The summed E-state index contributed by atoms with van der Waals surface area (Å²) in [5, 5.41) is 11.6. The van der Waals surface area contributed by atoms with E-state index in [1.165, 1.54) is 37.5 Å². The van der Waals surface area contributed by atoms with Crippen molar-refractivity contribution in [1.29, 1.82) is 0 Å². The normalized spacial score (nSPS) is 15.2. The molecule has 1 aliphatic heterocycles. The molecule has 1 aliphatic rings. The Hall–Kier alpha value is -3.24. The maximum atomic E-state index is 13.2. The molecular weight excluding hydrogens is 500 g/mol. The lowest BCUT2D eigenvalue weighted by Gasteiger charge is -2.29. The van der Waals surface area contributed by atoms with Crippen LogP contribution in [0.1, 0.15) is 29.8 Å². The van der Waals surface area contributed by atoms with E-state index in [0.717, 1.165) is 4.90 Å². The Labute approximate surface area is 197 Å². The van der Waals surface area contributed by atoms with Gasteiger partial charge in [0.05, 0.1) is 28.9 Å². The van der Waals surface area contributed by atoms with E-state index in [2.05, 4.69) is 21.2 Å². The number of carbonyl (C=O) groups is 3. The summed E-state index contributed by atoms with van der Waals surface area (Å²) in [6, 6.07) is 9.05. The number of hydrogen-bond acceptors (Lipinski definition) is 6. The monoisotopic (exact) mass is 518 g/mol. The lowest BCUT2D eigenvalue weighted by Crippen LogP contribution is -2.54. The summed E-state index contributed by atoms with van der Waals surface area (Å²) in [6.45, 7) is 3.76. The SMILES string of the molecule is COc1cc(C=C2C(=O)NC(=S)N(c3cccc(C(=O)O)c3)C2=O)cc(Br)c1OC(C)C. The van der Waals surface area contributed by atoms with Crippen molar-refractivity contribution in [2.24, 2.45) is 0 Å². The van der Waals surface area contributed by atoms with Crippen molar-refractivity contribution >= 4 is 62.8 Å². The third kappa shape index (κ3) is 4.81. The highest BCUT2D eigenvalue weighted by molar-refractivity contribution is 9.10. The van der Waals surface area contributed by atoms with Gasteiger partial charge in [0.25, 0.3) is 11.8 Å². The molecule has 32 heavy (non-hydrogen) atoms. The summed E-state index contributed by atoms with van der Waals surface area (Å²) in [5.74, 6) is -1.58. The van der Waals surface area contributed by atoms with E-state index in [1.54, 1.807) is 12.1 Å². The third-order valence-corrected chi connectivity index (χ3v) is 5.24. The number of halogens is 1. The minimum atomic E-state index is -1.15. The highest BCUT2D eigenvalue weighted by Crippen LogP contribution is 2.38. The van der Waals surface area contributed by atoms with Crippen LogP contribution in [0.4, 0.5) is 5.69 Å². The number of nitrogens with one attached hydrogen (secondary N) is 1. The smallest absolute Gasteiger partial charge is 0.335 e. The zero-order chi connectivity index (χ0) is 23.6. The van der Waals surface area contributed by atoms with Gasteiger partial charge in [-0.15, -0.1) is 0 Å². The van der Waals surface area contributed by atoms with E-state index in [-0.39, 0.29) is 28.0 Å². The number of amides is 2. The summed E-state index contributed by atoms with van der Waals surface area (Å²) >= 11 is 8.60. The first-order valence-electron chi connectivity index (χ1n) is 9.41. The summed E-state index contributed by atoms with van der Waals surface area (Å²) in [4.78, 5) is 38.1. The van der Waals surface area contributed by atoms with E-state index >= 15 is 0 Å². The van der Waals surface area contributed by atoms with Crippen LogP contribution in [-0.2, 0) is 9.59 Å². The molecule has 0 aromatic heterocycles.